The zero-order chi connectivity index (χ0) is 23.5. The van der Waals surface area contributed by atoms with Crippen molar-refractivity contribution in [2.45, 2.75) is 19.5 Å². The first-order valence-electron chi connectivity index (χ1n) is 10.1. The van der Waals surface area contributed by atoms with E-state index in [0.717, 1.165) is 0 Å². The standard InChI is InChI=1S/C22H24ClF3N4O2/c1-13-6-19(27)16(7-18(13)20(31)29-12-22(24,25)26)9-28-8-14-10-30(11-14)21(32)15-2-4-17(23)5-3-15/h2,4-7,9,14-15H,3,8,10-12,27H2,1H3,(H,29,31). The highest BCUT2D eigenvalue weighted by Gasteiger charge is 2.33. The van der Waals surface area contributed by atoms with E-state index in [-0.39, 0.29) is 23.3 Å². The van der Waals surface area contributed by atoms with E-state index in [1.54, 1.807) is 17.9 Å². The van der Waals surface area contributed by atoms with Gasteiger partial charge in [-0.05, 0) is 37.1 Å². The van der Waals surface area contributed by atoms with Gasteiger partial charge in [0.25, 0.3) is 5.91 Å². The topological polar surface area (TPSA) is 87.8 Å². The molecule has 2 aliphatic rings. The van der Waals surface area contributed by atoms with Gasteiger partial charge in [0.05, 0.1) is 5.92 Å². The minimum absolute atomic E-state index is 0.0687. The molecule has 1 aromatic rings. The lowest BCUT2D eigenvalue weighted by Gasteiger charge is -2.40. The first-order chi connectivity index (χ1) is 15.0. The Hall–Kier alpha value is -2.81. The Balaban J connectivity index is 1.53. The summed E-state index contributed by atoms with van der Waals surface area (Å²) in [5.74, 6) is -0.728. The van der Waals surface area contributed by atoms with Crippen LogP contribution >= 0.6 is 11.6 Å². The van der Waals surface area contributed by atoms with Gasteiger partial charge in [-0.25, -0.2) is 0 Å². The van der Waals surface area contributed by atoms with Crippen LogP contribution in [-0.4, -0.2) is 55.3 Å². The fourth-order valence-electron chi connectivity index (χ4n) is 3.56. The number of hydrogen-bond donors (Lipinski definition) is 2. The number of nitrogens with two attached hydrogens (primary N) is 1. The minimum Gasteiger partial charge on any atom is -0.398 e. The van der Waals surface area contributed by atoms with Crippen molar-refractivity contribution in [3.63, 3.8) is 0 Å². The molecule has 0 bridgehead atoms. The van der Waals surface area contributed by atoms with E-state index in [4.69, 9.17) is 17.3 Å². The number of aliphatic imine (C=N–C) groups is 1. The summed E-state index contributed by atoms with van der Waals surface area (Å²) in [5.41, 5.74) is 7.39. The van der Waals surface area contributed by atoms with Gasteiger partial charge in [0.1, 0.15) is 6.54 Å². The van der Waals surface area contributed by atoms with E-state index in [2.05, 4.69) is 4.99 Å². The number of carbonyl (C=O) groups is 2. The molecule has 2 amide bonds. The fourth-order valence-corrected chi connectivity index (χ4v) is 3.72. The van der Waals surface area contributed by atoms with E-state index in [0.29, 0.717) is 47.9 Å². The predicted molar refractivity (Wildman–Crippen MR) is 118 cm³/mol. The van der Waals surface area contributed by atoms with Crippen LogP contribution in [-0.2, 0) is 4.79 Å². The number of carbonyl (C=O) groups excluding carboxylic acids is 2. The van der Waals surface area contributed by atoms with Crippen LogP contribution in [0.4, 0.5) is 18.9 Å². The second-order valence-electron chi connectivity index (χ2n) is 7.99. The molecule has 0 radical (unpaired) electrons. The number of amides is 2. The van der Waals surface area contributed by atoms with Gasteiger partial charge >= 0.3 is 6.18 Å². The zero-order valence-electron chi connectivity index (χ0n) is 17.5. The number of halogens is 4. The third kappa shape index (κ3) is 6.12. The molecule has 1 saturated heterocycles. The zero-order valence-corrected chi connectivity index (χ0v) is 18.2. The first kappa shape index (κ1) is 23.8. The lowest BCUT2D eigenvalue weighted by molar-refractivity contribution is -0.140. The molecule has 1 aliphatic heterocycles. The van der Waals surface area contributed by atoms with Crippen molar-refractivity contribution in [3.05, 3.63) is 52.1 Å². The maximum absolute atomic E-state index is 12.5. The van der Waals surface area contributed by atoms with Crippen LogP contribution in [0.15, 0.2) is 40.4 Å². The van der Waals surface area contributed by atoms with Crippen molar-refractivity contribution in [2.75, 3.05) is 31.9 Å². The van der Waals surface area contributed by atoms with Crippen molar-refractivity contribution >= 4 is 35.3 Å². The summed E-state index contributed by atoms with van der Waals surface area (Å²) in [5, 5.41) is 2.50. The summed E-state index contributed by atoms with van der Waals surface area (Å²) in [7, 11) is 0. The molecule has 32 heavy (non-hydrogen) atoms. The van der Waals surface area contributed by atoms with Crippen molar-refractivity contribution in [3.8, 4) is 0 Å². The quantitative estimate of drug-likeness (QED) is 0.495. The lowest BCUT2D eigenvalue weighted by Crippen LogP contribution is -2.52. The molecule has 1 aromatic carbocycles. The summed E-state index contributed by atoms with van der Waals surface area (Å²) in [6, 6.07) is 2.97. The highest BCUT2D eigenvalue weighted by Crippen LogP contribution is 2.25. The summed E-state index contributed by atoms with van der Waals surface area (Å²) in [6.07, 6.45) is 3.00. The van der Waals surface area contributed by atoms with Crippen LogP contribution in [0, 0.1) is 18.8 Å². The molecule has 0 spiro atoms. The number of alkyl halides is 3. The van der Waals surface area contributed by atoms with Gasteiger partial charge < -0.3 is 16.0 Å². The fraction of sp³-hybridized carbons (Fsp3) is 0.409. The van der Waals surface area contributed by atoms with Crippen molar-refractivity contribution in [1.29, 1.82) is 0 Å². The normalized spacial score (nSPS) is 19.1. The summed E-state index contributed by atoms with van der Waals surface area (Å²) in [6.45, 7) is 1.87. The largest absolute Gasteiger partial charge is 0.405 e. The molecule has 1 heterocycles. The second-order valence-corrected chi connectivity index (χ2v) is 8.42. The number of likely N-dealkylation sites (tertiary alicyclic amines) is 1. The summed E-state index contributed by atoms with van der Waals surface area (Å²) in [4.78, 5) is 30.7. The van der Waals surface area contributed by atoms with Crippen LogP contribution in [0.1, 0.15) is 27.9 Å². The second kappa shape index (κ2) is 9.77. The third-order valence-electron chi connectivity index (χ3n) is 5.36. The van der Waals surface area contributed by atoms with E-state index in [9.17, 15) is 22.8 Å². The molecule has 1 atom stereocenters. The lowest BCUT2D eigenvalue weighted by atomic mass is 9.94. The SMILES string of the molecule is Cc1cc(N)c(C=NCC2CN(C(=O)C3C=CC(Cl)=CC3)C2)cc1C(=O)NCC(F)(F)F. The Morgan fingerprint density at radius 3 is 2.69 bits per heavy atom. The maximum atomic E-state index is 12.5. The summed E-state index contributed by atoms with van der Waals surface area (Å²) >= 11 is 5.88. The molecule has 1 unspecified atom stereocenters. The van der Waals surface area contributed by atoms with Crippen LogP contribution in [0.5, 0.6) is 0 Å². The van der Waals surface area contributed by atoms with Gasteiger partial charge in [0, 0.05) is 53.6 Å². The molecule has 3 rings (SSSR count). The molecule has 172 valence electrons. The molecule has 6 nitrogen and oxygen atoms in total. The summed E-state index contributed by atoms with van der Waals surface area (Å²) < 4.78 is 37.1. The van der Waals surface area contributed by atoms with Crippen molar-refractivity contribution < 1.29 is 22.8 Å². The Kier molecular flexibility index (Phi) is 7.28. The smallest absolute Gasteiger partial charge is 0.398 e. The van der Waals surface area contributed by atoms with E-state index < -0.39 is 18.6 Å². The average molecular weight is 469 g/mol. The van der Waals surface area contributed by atoms with Crippen LogP contribution in [0.2, 0.25) is 0 Å². The first-order valence-corrected chi connectivity index (χ1v) is 10.5. The molecule has 0 saturated carbocycles. The number of rotatable bonds is 6. The number of nitrogens with zero attached hydrogens (tertiary/aromatic N) is 2. The number of hydrogen-bond acceptors (Lipinski definition) is 4. The van der Waals surface area contributed by atoms with Crippen molar-refractivity contribution in [1.82, 2.24) is 10.2 Å². The molecular formula is C22H24ClF3N4O2. The van der Waals surface area contributed by atoms with Gasteiger partial charge in [-0.15, -0.1) is 0 Å². The average Bonchev–Trinajstić information content (AvgIpc) is 2.68. The third-order valence-corrected chi connectivity index (χ3v) is 5.64. The van der Waals surface area contributed by atoms with Crippen LogP contribution in [0.3, 0.4) is 0 Å². The Morgan fingerprint density at radius 1 is 1.34 bits per heavy atom. The highest BCUT2D eigenvalue weighted by atomic mass is 35.5. The Bertz CT molecular complexity index is 982. The van der Waals surface area contributed by atoms with E-state index >= 15 is 0 Å². The van der Waals surface area contributed by atoms with Crippen LogP contribution in [0.25, 0.3) is 0 Å². The molecule has 1 aliphatic carbocycles. The van der Waals surface area contributed by atoms with Crippen molar-refractivity contribution in [2.24, 2.45) is 16.8 Å². The number of anilines is 1. The van der Waals surface area contributed by atoms with Crippen LogP contribution < -0.4 is 11.1 Å². The monoisotopic (exact) mass is 468 g/mol. The van der Waals surface area contributed by atoms with Gasteiger partial charge in [-0.3, -0.25) is 14.6 Å². The van der Waals surface area contributed by atoms with Gasteiger partial charge in [-0.2, -0.15) is 13.2 Å². The van der Waals surface area contributed by atoms with Gasteiger partial charge in [-0.1, -0.05) is 23.8 Å². The minimum atomic E-state index is -4.49. The maximum Gasteiger partial charge on any atom is 0.405 e. The molecule has 3 N–H and O–H groups in total. The number of nitrogen functional groups attached to an aromatic ring is 1. The number of benzene rings is 1. The molecule has 1 fully saturated rings. The Morgan fingerprint density at radius 2 is 2.06 bits per heavy atom. The number of aryl methyl sites for hydroxylation is 1. The molecular weight excluding hydrogens is 445 g/mol. The molecule has 0 aromatic heterocycles. The highest BCUT2D eigenvalue weighted by molar-refractivity contribution is 6.31. The van der Waals surface area contributed by atoms with Gasteiger partial charge in [0.15, 0.2) is 0 Å². The number of allylic oxidation sites excluding steroid dienone is 3. The Labute approximate surface area is 189 Å². The van der Waals surface area contributed by atoms with Gasteiger partial charge in [0.2, 0.25) is 5.91 Å². The predicted octanol–water partition coefficient (Wildman–Crippen LogP) is 3.45. The number of nitrogens with one attached hydrogen (secondary N) is 1. The molecule has 10 heteroatoms. The van der Waals surface area contributed by atoms with E-state index in [1.807, 2.05) is 17.5 Å². The van der Waals surface area contributed by atoms with E-state index in [1.165, 1.54) is 18.3 Å².